The number of ether oxygens (including phenoxy) is 1. The number of rotatable bonds is 31. The minimum atomic E-state index is -0.713. The van der Waals surface area contributed by atoms with Crippen LogP contribution in [-0.4, -0.2) is 23.1 Å². The number of carboxylic acid groups (broad SMARTS) is 1. The predicted molar refractivity (Wildman–Crippen MR) is 172 cm³/mol. The Morgan fingerprint density at radius 2 is 0.975 bits per heavy atom. The molecule has 0 spiro atoms. The van der Waals surface area contributed by atoms with Crippen LogP contribution >= 0.6 is 0 Å². The zero-order chi connectivity index (χ0) is 29.4. The molecule has 0 saturated carbocycles. The minimum absolute atomic E-state index is 0.0237. The van der Waals surface area contributed by atoms with Crippen molar-refractivity contribution >= 4 is 11.9 Å². The summed E-state index contributed by atoms with van der Waals surface area (Å²) in [4.78, 5) is 23.2. The zero-order valence-electron chi connectivity index (χ0n) is 26.7. The summed E-state index contributed by atoms with van der Waals surface area (Å²) in [5, 5.41) is 8.79. The summed E-state index contributed by atoms with van der Waals surface area (Å²) in [6.45, 7) is 4.49. The average molecular weight is 563 g/mol. The Labute approximate surface area is 248 Å². The minimum Gasteiger partial charge on any atom is -0.481 e. The van der Waals surface area contributed by atoms with Crippen LogP contribution in [0.25, 0.3) is 0 Å². The van der Waals surface area contributed by atoms with Crippen LogP contribution < -0.4 is 0 Å². The molecular formula is C36H66O4. The molecule has 4 nitrogen and oxygen atoms in total. The number of carbonyl (C=O) groups excluding carboxylic acids is 1. The van der Waals surface area contributed by atoms with E-state index in [-0.39, 0.29) is 18.5 Å². The van der Waals surface area contributed by atoms with E-state index in [0.717, 1.165) is 64.2 Å². The molecule has 40 heavy (non-hydrogen) atoms. The summed E-state index contributed by atoms with van der Waals surface area (Å²) < 4.78 is 5.91. The maximum Gasteiger partial charge on any atom is 0.306 e. The zero-order valence-corrected chi connectivity index (χ0v) is 26.7. The molecule has 4 heteroatoms. The lowest BCUT2D eigenvalue weighted by atomic mass is 10.0. The third-order valence-electron chi connectivity index (χ3n) is 7.68. The van der Waals surface area contributed by atoms with Crippen LogP contribution in [0.4, 0.5) is 0 Å². The lowest BCUT2D eigenvalue weighted by molar-refractivity contribution is -0.150. The number of hydrogen-bond acceptors (Lipinski definition) is 3. The Morgan fingerprint density at radius 3 is 1.52 bits per heavy atom. The molecule has 0 bridgehead atoms. The van der Waals surface area contributed by atoms with E-state index in [9.17, 15) is 9.59 Å². The van der Waals surface area contributed by atoms with Crippen LogP contribution in [-0.2, 0) is 14.3 Å². The number of hydrogen-bond donors (Lipinski definition) is 1. The van der Waals surface area contributed by atoms with E-state index in [4.69, 9.17) is 9.84 Å². The van der Waals surface area contributed by atoms with Crippen molar-refractivity contribution in [3.8, 4) is 0 Å². The lowest BCUT2D eigenvalue weighted by Crippen LogP contribution is -2.18. The van der Waals surface area contributed by atoms with Gasteiger partial charge in [-0.15, -0.1) is 0 Å². The Hall–Kier alpha value is -1.58. The molecule has 0 saturated heterocycles. The largest absolute Gasteiger partial charge is 0.481 e. The van der Waals surface area contributed by atoms with Crippen LogP contribution in [0.15, 0.2) is 24.3 Å². The second kappa shape index (κ2) is 31.9. The Kier molecular flexibility index (Phi) is 30.7. The molecule has 0 aromatic heterocycles. The van der Waals surface area contributed by atoms with Gasteiger partial charge in [0.05, 0.1) is 0 Å². The first kappa shape index (κ1) is 38.4. The first-order valence-corrected chi connectivity index (χ1v) is 17.3. The van der Waals surface area contributed by atoms with Gasteiger partial charge in [-0.1, -0.05) is 128 Å². The number of carbonyl (C=O) groups is 2. The van der Waals surface area contributed by atoms with Crippen molar-refractivity contribution in [3.05, 3.63) is 24.3 Å². The van der Waals surface area contributed by atoms with Crippen molar-refractivity contribution in [2.45, 2.75) is 193 Å². The highest BCUT2D eigenvalue weighted by molar-refractivity contribution is 5.69. The van der Waals surface area contributed by atoms with Crippen molar-refractivity contribution in [2.75, 3.05) is 0 Å². The monoisotopic (exact) mass is 562 g/mol. The van der Waals surface area contributed by atoms with Crippen molar-refractivity contribution in [2.24, 2.45) is 0 Å². The van der Waals surface area contributed by atoms with Gasteiger partial charge in [0.1, 0.15) is 6.10 Å². The fourth-order valence-corrected chi connectivity index (χ4v) is 5.10. The van der Waals surface area contributed by atoms with Gasteiger partial charge in [0, 0.05) is 12.8 Å². The Bertz CT molecular complexity index is 610. The number of carboxylic acids is 1. The fourth-order valence-electron chi connectivity index (χ4n) is 5.10. The Morgan fingerprint density at radius 1 is 0.550 bits per heavy atom. The molecule has 0 aliphatic rings. The second-order valence-corrected chi connectivity index (χ2v) is 11.7. The first-order chi connectivity index (χ1) is 19.6. The summed E-state index contributed by atoms with van der Waals surface area (Å²) in [5.74, 6) is -0.737. The highest BCUT2D eigenvalue weighted by atomic mass is 16.5. The first-order valence-electron chi connectivity index (χ1n) is 17.3. The van der Waals surface area contributed by atoms with Gasteiger partial charge in [-0.2, -0.15) is 0 Å². The number of unbranched alkanes of at least 4 members (excludes halogenated alkanes) is 18. The molecule has 1 unspecified atom stereocenters. The van der Waals surface area contributed by atoms with Crippen molar-refractivity contribution in [3.63, 3.8) is 0 Å². The van der Waals surface area contributed by atoms with Gasteiger partial charge < -0.3 is 9.84 Å². The van der Waals surface area contributed by atoms with Gasteiger partial charge in [-0.25, -0.2) is 0 Å². The molecule has 0 aromatic rings. The number of aliphatic carboxylic acids is 1. The second-order valence-electron chi connectivity index (χ2n) is 11.7. The van der Waals surface area contributed by atoms with Gasteiger partial charge in [-0.3, -0.25) is 9.59 Å². The van der Waals surface area contributed by atoms with Gasteiger partial charge in [0.2, 0.25) is 0 Å². The van der Waals surface area contributed by atoms with E-state index < -0.39 is 5.97 Å². The van der Waals surface area contributed by atoms with E-state index in [2.05, 4.69) is 38.2 Å². The van der Waals surface area contributed by atoms with Crippen LogP contribution in [0.1, 0.15) is 187 Å². The molecule has 234 valence electrons. The van der Waals surface area contributed by atoms with Crippen LogP contribution in [0.2, 0.25) is 0 Å². The summed E-state index contributed by atoms with van der Waals surface area (Å²) in [6, 6.07) is 0. The van der Waals surface area contributed by atoms with Crippen molar-refractivity contribution in [1.82, 2.24) is 0 Å². The average Bonchev–Trinajstić information content (AvgIpc) is 2.93. The number of allylic oxidation sites excluding steroid dienone is 4. The molecule has 0 radical (unpaired) electrons. The van der Waals surface area contributed by atoms with E-state index >= 15 is 0 Å². The topological polar surface area (TPSA) is 63.6 Å². The summed E-state index contributed by atoms with van der Waals surface area (Å²) in [5.41, 5.74) is 0. The van der Waals surface area contributed by atoms with E-state index in [0.29, 0.717) is 6.42 Å². The maximum absolute atomic E-state index is 12.5. The van der Waals surface area contributed by atoms with Crippen LogP contribution in [0.5, 0.6) is 0 Å². The molecule has 1 N–H and O–H groups in total. The predicted octanol–water partition coefficient (Wildman–Crippen LogP) is 11.7. The molecule has 0 aliphatic carbocycles. The van der Waals surface area contributed by atoms with Crippen molar-refractivity contribution < 1.29 is 19.4 Å². The quantitative estimate of drug-likeness (QED) is 0.0518. The van der Waals surface area contributed by atoms with E-state index in [1.54, 1.807) is 0 Å². The fraction of sp³-hybridized carbons (Fsp3) is 0.833. The van der Waals surface area contributed by atoms with Gasteiger partial charge in [0.15, 0.2) is 0 Å². The van der Waals surface area contributed by atoms with Gasteiger partial charge in [0.25, 0.3) is 0 Å². The summed E-state index contributed by atoms with van der Waals surface area (Å²) >= 11 is 0. The molecule has 0 fully saturated rings. The molecule has 0 heterocycles. The molecular weight excluding hydrogens is 496 g/mol. The van der Waals surface area contributed by atoms with Crippen LogP contribution in [0.3, 0.4) is 0 Å². The highest BCUT2D eigenvalue weighted by Crippen LogP contribution is 2.18. The van der Waals surface area contributed by atoms with Gasteiger partial charge >= 0.3 is 11.9 Å². The summed E-state index contributed by atoms with van der Waals surface area (Å²) in [7, 11) is 0. The summed E-state index contributed by atoms with van der Waals surface area (Å²) in [6.07, 6.45) is 39.0. The van der Waals surface area contributed by atoms with Crippen LogP contribution in [0, 0.1) is 0 Å². The molecule has 1 atom stereocenters. The highest BCUT2D eigenvalue weighted by Gasteiger charge is 2.14. The van der Waals surface area contributed by atoms with Crippen molar-refractivity contribution in [1.29, 1.82) is 0 Å². The Balaban J connectivity index is 3.87. The lowest BCUT2D eigenvalue weighted by Gasteiger charge is -2.18. The van der Waals surface area contributed by atoms with E-state index in [1.807, 2.05) is 0 Å². The number of esters is 1. The standard InChI is InChI=1S/C36H66O4/c1-3-5-7-9-11-12-13-14-15-16-17-18-19-20-21-23-29-33-36(39)40-34(30-26-22-10-8-6-4-2)31-27-24-25-28-32-35(37)38/h11-12,14-15,34H,3-10,13,16-33H2,1-2H3,(H,37,38)/b12-11-,15-14-. The maximum atomic E-state index is 12.5. The third kappa shape index (κ3) is 31.0. The smallest absolute Gasteiger partial charge is 0.306 e. The molecule has 0 aromatic carbocycles. The normalized spacial score (nSPS) is 12.4. The third-order valence-corrected chi connectivity index (χ3v) is 7.68. The molecule has 0 amide bonds. The van der Waals surface area contributed by atoms with Gasteiger partial charge in [-0.05, 0) is 70.6 Å². The molecule has 0 rings (SSSR count). The van der Waals surface area contributed by atoms with E-state index in [1.165, 1.54) is 96.3 Å². The SMILES string of the molecule is CCCCC/C=C\C/C=C\CCCCCCCCCC(=O)OC(CCCCCCCC)CCCCCCC(=O)O. The molecule has 0 aliphatic heterocycles.